The Morgan fingerprint density at radius 3 is 2.87 bits per heavy atom. The van der Waals surface area contributed by atoms with Crippen molar-refractivity contribution in [2.75, 3.05) is 32.8 Å². The number of rotatable bonds is 5. The third-order valence-corrected chi connectivity index (χ3v) is 4.26. The normalized spacial score (nSPS) is 25.0. The molecule has 2 fully saturated rings. The van der Waals surface area contributed by atoms with E-state index in [1.54, 1.807) is 20.0 Å². The number of imide groups is 1. The number of amides is 3. The molecule has 8 heteroatoms. The molecule has 0 spiro atoms. The van der Waals surface area contributed by atoms with Crippen LogP contribution in [0.3, 0.4) is 0 Å². The van der Waals surface area contributed by atoms with Crippen molar-refractivity contribution in [3.63, 3.8) is 0 Å². The molecule has 8 nitrogen and oxygen atoms in total. The van der Waals surface area contributed by atoms with Crippen LogP contribution in [0, 0.1) is 0 Å². The summed E-state index contributed by atoms with van der Waals surface area (Å²) in [6.45, 7) is 7.45. The van der Waals surface area contributed by atoms with Crippen LogP contribution in [0.25, 0.3) is 0 Å². The standard InChI is InChI=1S/C15H23N5O3/c1-15(2)13(21)20(14(22)17-15)7-6-18-8-9-23-12(10-18)11-19-5-3-4-16-19/h3-5,12H,6-11H2,1-2H3,(H,17,22)/t12-/m1/s1. The minimum atomic E-state index is -0.801. The van der Waals surface area contributed by atoms with E-state index < -0.39 is 5.54 Å². The summed E-state index contributed by atoms with van der Waals surface area (Å²) >= 11 is 0. The lowest BCUT2D eigenvalue weighted by Crippen LogP contribution is -2.48. The van der Waals surface area contributed by atoms with Crippen LogP contribution < -0.4 is 5.32 Å². The average Bonchev–Trinajstić information content (AvgIpc) is 3.06. The van der Waals surface area contributed by atoms with Gasteiger partial charge in [0.2, 0.25) is 0 Å². The number of morpholine rings is 1. The predicted octanol–water partition coefficient (Wildman–Crippen LogP) is -0.0857. The highest BCUT2D eigenvalue weighted by atomic mass is 16.5. The summed E-state index contributed by atoms with van der Waals surface area (Å²) in [4.78, 5) is 27.6. The fourth-order valence-corrected chi connectivity index (χ4v) is 2.97. The first-order chi connectivity index (χ1) is 11.0. The van der Waals surface area contributed by atoms with Gasteiger partial charge in [0.25, 0.3) is 5.91 Å². The number of urea groups is 1. The molecule has 2 aliphatic heterocycles. The average molecular weight is 321 g/mol. The molecule has 2 aliphatic rings. The van der Waals surface area contributed by atoms with Gasteiger partial charge in [-0.25, -0.2) is 4.79 Å². The van der Waals surface area contributed by atoms with Crippen LogP contribution >= 0.6 is 0 Å². The first-order valence-corrected chi connectivity index (χ1v) is 7.91. The Hall–Kier alpha value is -1.93. The monoisotopic (exact) mass is 321 g/mol. The van der Waals surface area contributed by atoms with Gasteiger partial charge in [-0.05, 0) is 19.9 Å². The second-order valence-electron chi connectivity index (χ2n) is 6.53. The van der Waals surface area contributed by atoms with Crippen LogP contribution in [-0.2, 0) is 16.1 Å². The van der Waals surface area contributed by atoms with Gasteiger partial charge in [0.15, 0.2) is 0 Å². The summed E-state index contributed by atoms with van der Waals surface area (Å²) in [6.07, 6.45) is 3.74. The number of nitrogens with one attached hydrogen (secondary N) is 1. The largest absolute Gasteiger partial charge is 0.374 e. The number of aromatic nitrogens is 2. The maximum Gasteiger partial charge on any atom is 0.325 e. The molecule has 0 aliphatic carbocycles. The number of ether oxygens (including phenoxy) is 1. The molecule has 0 unspecified atom stereocenters. The maximum absolute atomic E-state index is 12.2. The molecule has 2 saturated heterocycles. The van der Waals surface area contributed by atoms with E-state index in [1.807, 2.05) is 16.9 Å². The Kier molecular flexibility index (Phi) is 4.36. The molecule has 0 saturated carbocycles. The van der Waals surface area contributed by atoms with Gasteiger partial charge in [-0.3, -0.25) is 19.3 Å². The molecule has 23 heavy (non-hydrogen) atoms. The number of nitrogens with zero attached hydrogens (tertiary/aromatic N) is 4. The lowest BCUT2D eigenvalue weighted by molar-refractivity contribution is -0.130. The summed E-state index contributed by atoms with van der Waals surface area (Å²) in [7, 11) is 0. The molecule has 3 heterocycles. The Labute approximate surface area is 135 Å². The van der Waals surface area contributed by atoms with E-state index in [1.165, 1.54) is 4.90 Å². The minimum Gasteiger partial charge on any atom is -0.374 e. The fraction of sp³-hybridized carbons (Fsp3) is 0.667. The Morgan fingerprint density at radius 2 is 2.22 bits per heavy atom. The van der Waals surface area contributed by atoms with Gasteiger partial charge in [-0.1, -0.05) is 0 Å². The van der Waals surface area contributed by atoms with Crippen molar-refractivity contribution in [3.8, 4) is 0 Å². The second-order valence-corrected chi connectivity index (χ2v) is 6.53. The number of hydrogen-bond donors (Lipinski definition) is 1. The second kappa shape index (κ2) is 6.29. The SMILES string of the molecule is CC1(C)NC(=O)N(CCN2CCO[C@@H](Cn3cccn3)C2)C1=O. The maximum atomic E-state index is 12.2. The van der Waals surface area contributed by atoms with E-state index in [0.29, 0.717) is 26.2 Å². The minimum absolute atomic E-state index is 0.0724. The Balaban J connectivity index is 1.50. The molecule has 0 radical (unpaired) electrons. The third kappa shape index (κ3) is 3.53. The van der Waals surface area contributed by atoms with E-state index >= 15 is 0 Å². The molecular formula is C15H23N5O3. The van der Waals surface area contributed by atoms with Crippen LogP contribution in [0.2, 0.25) is 0 Å². The van der Waals surface area contributed by atoms with E-state index in [0.717, 1.165) is 13.1 Å². The van der Waals surface area contributed by atoms with Crippen LogP contribution in [0.1, 0.15) is 13.8 Å². The highest BCUT2D eigenvalue weighted by Gasteiger charge is 2.44. The van der Waals surface area contributed by atoms with E-state index in [2.05, 4.69) is 15.3 Å². The zero-order valence-electron chi connectivity index (χ0n) is 13.6. The van der Waals surface area contributed by atoms with Crippen LogP contribution in [0.15, 0.2) is 18.5 Å². The topological polar surface area (TPSA) is 79.7 Å². The van der Waals surface area contributed by atoms with Gasteiger partial charge in [0.1, 0.15) is 5.54 Å². The van der Waals surface area contributed by atoms with Crippen molar-refractivity contribution >= 4 is 11.9 Å². The number of carbonyl (C=O) groups excluding carboxylic acids is 2. The van der Waals surface area contributed by atoms with Gasteiger partial charge < -0.3 is 10.1 Å². The zero-order valence-corrected chi connectivity index (χ0v) is 13.6. The summed E-state index contributed by atoms with van der Waals surface area (Å²) in [5, 5.41) is 6.89. The van der Waals surface area contributed by atoms with Gasteiger partial charge in [-0.2, -0.15) is 5.10 Å². The Bertz CT molecular complexity index is 572. The predicted molar refractivity (Wildman–Crippen MR) is 82.7 cm³/mol. The van der Waals surface area contributed by atoms with Gasteiger partial charge in [-0.15, -0.1) is 0 Å². The van der Waals surface area contributed by atoms with Crippen molar-refractivity contribution < 1.29 is 14.3 Å². The lowest BCUT2D eigenvalue weighted by atomic mass is 10.1. The highest BCUT2D eigenvalue weighted by Crippen LogP contribution is 2.16. The molecular weight excluding hydrogens is 298 g/mol. The fourth-order valence-electron chi connectivity index (χ4n) is 2.97. The van der Waals surface area contributed by atoms with E-state index in [4.69, 9.17) is 4.74 Å². The van der Waals surface area contributed by atoms with Crippen molar-refractivity contribution in [3.05, 3.63) is 18.5 Å². The number of carbonyl (C=O) groups is 2. The van der Waals surface area contributed by atoms with Crippen molar-refractivity contribution in [1.29, 1.82) is 0 Å². The first-order valence-electron chi connectivity index (χ1n) is 7.91. The molecule has 126 valence electrons. The number of hydrogen-bond acceptors (Lipinski definition) is 5. The van der Waals surface area contributed by atoms with Crippen LogP contribution in [-0.4, -0.2) is 75.9 Å². The molecule has 0 aromatic carbocycles. The smallest absolute Gasteiger partial charge is 0.325 e. The third-order valence-electron chi connectivity index (χ3n) is 4.26. The summed E-state index contributed by atoms with van der Waals surface area (Å²) in [6, 6.07) is 1.58. The lowest BCUT2D eigenvalue weighted by Gasteiger charge is -2.33. The molecule has 3 amide bonds. The van der Waals surface area contributed by atoms with E-state index in [9.17, 15) is 9.59 Å². The van der Waals surface area contributed by atoms with Crippen molar-refractivity contribution in [2.24, 2.45) is 0 Å². The molecule has 1 N–H and O–H groups in total. The Morgan fingerprint density at radius 1 is 1.39 bits per heavy atom. The molecule has 1 aromatic heterocycles. The quantitative estimate of drug-likeness (QED) is 0.767. The van der Waals surface area contributed by atoms with Crippen molar-refractivity contribution in [2.45, 2.75) is 32.0 Å². The summed E-state index contributed by atoms with van der Waals surface area (Å²) < 4.78 is 7.62. The van der Waals surface area contributed by atoms with E-state index in [-0.39, 0.29) is 18.0 Å². The highest BCUT2D eigenvalue weighted by molar-refractivity contribution is 6.06. The van der Waals surface area contributed by atoms with Gasteiger partial charge >= 0.3 is 6.03 Å². The van der Waals surface area contributed by atoms with Crippen molar-refractivity contribution in [1.82, 2.24) is 24.9 Å². The first kappa shape index (κ1) is 15.9. The van der Waals surface area contributed by atoms with Crippen LogP contribution in [0.5, 0.6) is 0 Å². The molecule has 0 bridgehead atoms. The van der Waals surface area contributed by atoms with Crippen LogP contribution in [0.4, 0.5) is 4.79 Å². The summed E-state index contributed by atoms with van der Waals surface area (Å²) in [5.74, 6) is -0.163. The molecule has 3 rings (SSSR count). The summed E-state index contributed by atoms with van der Waals surface area (Å²) in [5.41, 5.74) is -0.801. The van der Waals surface area contributed by atoms with Gasteiger partial charge in [0.05, 0.1) is 19.3 Å². The zero-order chi connectivity index (χ0) is 16.4. The molecule has 1 atom stereocenters. The molecule has 1 aromatic rings. The van der Waals surface area contributed by atoms with Gasteiger partial charge in [0, 0.05) is 38.6 Å².